The van der Waals surface area contributed by atoms with E-state index in [9.17, 15) is 0 Å². The van der Waals surface area contributed by atoms with Crippen molar-refractivity contribution in [3.8, 4) is 56.2 Å². The van der Waals surface area contributed by atoms with Gasteiger partial charge in [-0.3, -0.25) is 4.98 Å². The summed E-state index contributed by atoms with van der Waals surface area (Å²) in [5.74, 6) is 0.700. The van der Waals surface area contributed by atoms with Gasteiger partial charge in [-0.25, -0.2) is 9.97 Å². The topological polar surface area (TPSA) is 43.1 Å². The quantitative estimate of drug-likeness (QED) is 0.197. The van der Waals surface area contributed by atoms with Gasteiger partial charge in [-0.15, -0.1) is 0 Å². The molecule has 0 radical (unpaired) electrons. The second-order valence-electron chi connectivity index (χ2n) is 11.7. The first-order chi connectivity index (χ1) is 23.3. The second kappa shape index (κ2) is 11.2. The number of rotatable bonds is 5. The van der Waals surface area contributed by atoms with E-state index in [1.165, 1.54) is 22.0 Å². The lowest BCUT2D eigenvalue weighted by Gasteiger charge is -2.11. The third-order valence-corrected chi connectivity index (χ3v) is 8.85. The predicted octanol–water partition coefficient (Wildman–Crippen LogP) is 10.8. The first kappa shape index (κ1) is 27.0. The molecule has 0 aliphatic rings. The first-order valence-electron chi connectivity index (χ1n) is 15.8. The Bertz CT molecular complexity index is 2550. The molecule has 0 atom stereocenters. The molecule has 220 valence electrons. The average Bonchev–Trinajstić information content (AvgIpc) is 3.50. The Kier molecular flexibility index (Phi) is 6.43. The van der Waals surface area contributed by atoms with Crippen molar-refractivity contribution in [2.45, 2.75) is 0 Å². The molecule has 9 rings (SSSR count). The number of para-hydroxylation sites is 3. The van der Waals surface area contributed by atoms with Gasteiger partial charge < -0.3 is 4.40 Å². The van der Waals surface area contributed by atoms with E-state index in [1.54, 1.807) is 0 Å². The van der Waals surface area contributed by atoms with Crippen molar-refractivity contribution in [2.24, 2.45) is 0 Å². The standard InChI is InChI=1S/C43H28N4/c1-3-12-29(13-4-1)33-16-11-17-34(26-33)43-45-37(30-14-5-2-6-15-30)27-38(46-43)31-22-24-32(25-23-31)42-35-18-7-9-20-39(35)47-40-21-10-8-19-36(40)44-28-41(42)47/h1-28H. The van der Waals surface area contributed by atoms with Gasteiger partial charge in [0.25, 0.3) is 0 Å². The van der Waals surface area contributed by atoms with Crippen LogP contribution in [-0.2, 0) is 0 Å². The van der Waals surface area contributed by atoms with E-state index in [0.717, 1.165) is 55.8 Å². The molecule has 4 heteroatoms. The molecule has 0 N–H and O–H groups in total. The minimum Gasteiger partial charge on any atom is -0.306 e. The first-order valence-corrected chi connectivity index (χ1v) is 15.8. The molecule has 3 aromatic heterocycles. The summed E-state index contributed by atoms with van der Waals surface area (Å²) in [4.78, 5) is 15.0. The second-order valence-corrected chi connectivity index (χ2v) is 11.7. The van der Waals surface area contributed by atoms with Crippen LogP contribution in [0.1, 0.15) is 0 Å². The summed E-state index contributed by atoms with van der Waals surface area (Å²) in [5, 5.41) is 1.20. The van der Waals surface area contributed by atoms with Crippen LogP contribution in [0.2, 0.25) is 0 Å². The molecular weight excluding hydrogens is 573 g/mol. The van der Waals surface area contributed by atoms with Crippen LogP contribution in [0.4, 0.5) is 0 Å². The van der Waals surface area contributed by atoms with Crippen LogP contribution in [-0.4, -0.2) is 19.4 Å². The molecule has 0 amide bonds. The van der Waals surface area contributed by atoms with Gasteiger partial charge in [0.15, 0.2) is 5.82 Å². The monoisotopic (exact) mass is 600 g/mol. The number of hydrogen-bond donors (Lipinski definition) is 0. The molecule has 0 saturated heterocycles. The Labute approximate surface area is 272 Å². The van der Waals surface area contributed by atoms with Gasteiger partial charge in [-0.2, -0.15) is 0 Å². The Morgan fingerprint density at radius 2 is 0.957 bits per heavy atom. The molecule has 0 bridgehead atoms. The van der Waals surface area contributed by atoms with E-state index < -0.39 is 0 Å². The highest BCUT2D eigenvalue weighted by Crippen LogP contribution is 2.38. The highest BCUT2D eigenvalue weighted by molar-refractivity contribution is 6.08. The van der Waals surface area contributed by atoms with E-state index in [0.29, 0.717) is 5.82 Å². The van der Waals surface area contributed by atoms with Gasteiger partial charge in [-0.05, 0) is 47.0 Å². The SMILES string of the molecule is c1ccc(-c2cccc(-c3nc(-c4ccccc4)cc(-c4ccc(-c5c6ccccc6n6c5cnc5ccccc56)cc4)n3)c2)cc1. The summed E-state index contributed by atoms with van der Waals surface area (Å²) in [5.41, 5.74) is 13.8. The Balaban J connectivity index is 1.18. The van der Waals surface area contributed by atoms with Crippen molar-refractivity contribution in [3.63, 3.8) is 0 Å². The number of nitrogens with zero attached hydrogens (tertiary/aromatic N) is 4. The third kappa shape index (κ3) is 4.75. The van der Waals surface area contributed by atoms with Crippen LogP contribution in [0.25, 0.3) is 83.6 Å². The molecule has 6 aromatic carbocycles. The van der Waals surface area contributed by atoms with Crippen molar-refractivity contribution in [2.75, 3.05) is 0 Å². The van der Waals surface area contributed by atoms with Crippen molar-refractivity contribution in [1.82, 2.24) is 19.4 Å². The molecule has 0 unspecified atom stereocenters. The summed E-state index contributed by atoms with van der Waals surface area (Å²) >= 11 is 0. The summed E-state index contributed by atoms with van der Waals surface area (Å²) in [7, 11) is 0. The maximum absolute atomic E-state index is 5.14. The van der Waals surface area contributed by atoms with E-state index in [4.69, 9.17) is 15.0 Å². The average molecular weight is 601 g/mol. The molecule has 0 fully saturated rings. The number of benzene rings is 6. The smallest absolute Gasteiger partial charge is 0.160 e. The molecular formula is C43H28N4. The Morgan fingerprint density at radius 3 is 1.72 bits per heavy atom. The zero-order valence-electron chi connectivity index (χ0n) is 25.5. The van der Waals surface area contributed by atoms with Crippen LogP contribution in [0.15, 0.2) is 170 Å². The van der Waals surface area contributed by atoms with Crippen LogP contribution in [0.5, 0.6) is 0 Å². The molecule has 9 aromatic rings. The number of aromatic nitrogens is 4. The fraction of sp³-hybridized carbons (Fsp3) is 0. The van der Waals surface area contributed by atoms with Crippen LogP contribution < -0.4 is 0 Å². The predicted molar refractivity (Wildman–Crippen MR) is 193 cm³/mol. The highest BCUT2D eigenvalue weighted by atomic mass is 14.9. The summed E-state index contributed by atoms with van der Waals surface area (Å²) in [6.45, 7) is 0. The third-order valence-electron chi connectivity index (χ3n) is 8.85. The van der Waals surface area contributed by atoms with E-state index in [2.05, 4.69) is 138 Å². The molecule has 0 saturated carbocycles. The molecule has 3 heterocycles. The van der Waals surface area contributed by atoms with E-state index in [1.807, 2.05) is 36.5 Å². The fourth-order valence-corrected chi connectivity index (χ4v) is 6.60. The maximum atomic E-state index is 5.14. The lowest BCUT2D eigenvalue weighted by molar-refractivity contribution is 1.18. The minimum atomic E-state index is 0.700. The Morgan fingerprint density at radius 1 is 0.383 bits per heavy atom. The fourth-order valence-electron chi connectivity index (χ4n) is 6.60. The summed E-state index contributed by atoms with van der Waals surface area (Å²) in [6.07, 6.45) is 2.00. The van der Waals surface area contributed by atoms with E-state index >= 15 is 0 Å². The van der Waals surface area contributed by atoms with Gasteiger partial charge >= 0.3 is 0 Å². The summed E-state index contributed by atoms with van der Waals surface area (Å²) in [6, 6.07) is 57.0. The summed E-state index contributed by atoms with van der Waals surface area (Å²) < 4.78 is 2.33. The van der Waals surface area contributed by atoms with Crippen LogP contribution >= 0.6 is 0 Å². The maximum Gasteiger partial charge on any atom is 0.160 e. The zero-order chi connectivity index (χ0) is 31.2. The Hall–Kier alpha value is -6.39. The molecule has 47 heavy (non-hydrogen) atoms. The zero-order valence-corrected chi connectivity index (χ0v) is 25.5. The lowest BCUT2D eigenvalue weighted by atomic mass is 10.00. The van der Waals surface area contributed by atoms with Crippen molar-refractivity contribution in [3.05, 3.63) is 170 Å². The molecule has 0 aliphatic heterocycles. The minimum absolute atomic E-state index is 0.700. The van der Waals surface area contributed by atoms with Gasteiger partial charge in [0, 0.05) is 27.6 Å². The van der Waals surface area contributed by atoms with Crippen molar-refractivity contribution in [1.29, 1.82) is 0 Å². The molecule has 0 spiro atoms. The van der Waals surface area contributed by atoms with Gasteiger partial charge in [0.1, 0.15) is 0 Å². The van der Waals surface area contributed by atoms with Gasteiger partial charge in [0.2, 0.25) is 0 Å². The molecule has 4 nitrogen and oxygen atoms in total. The lowest BCUT2D eigenvalue weighted by Crippen LogP contribution is -1.96. The largest absolute Gasteiger partial charge is 0.306 e. The molecule has 0 aliphatic carbocycles. The van der Waals surface area contributed by atoms with Crippen LogP contribution in [0.3, 0.4) is 0 Å². The van der Waals surface area contributed by atoms with Crippen LogP contribution in [0, 0.1) is 0 Å². The van der Waals surface area contributed by atoms with Crippen molar-refractivity contribution < 1.29 is 0 Å². The van der Waals surface area contributed by atoms with E-state index in [-0.39, 0.29) is 0 Å². The number of hydrogen-bond acceptors (Lipinski definition) is 3. The van der Waals surface area contributed by atoms with Crippen molar-refractivity contribution >= 4 is 27.5 Å². The normalized spacial score (nSPS) is 11.4. The van der Waals surface area contributed by atoms with Gasteiger partial charge in [-0.1, -0.05) is 133 Å². The van der Waals surface area contributed by atoms with Gasteiger partial charge in [0.05, 0.1) is 39.7 Å². The number of fused-ring (bicyclic) bond motifs is 5. The highest BCUT2D eigenvalue weighted by Gasteiger charge is 2.17.